The predicted molar refractivity (Wildman–Crippen MR) is 48.1 cm³/mol. The minimum absolute atomic E-state index is 1.31. The Morgan fingerprint density at radius 1 is 0.909 bits per heavy atom. The lowest BCUT2D eigenvalue weighted by Crippen LogP contribution is -2.13. The standard InChI is InChI=1S/C11H14/c1-7-6-8(2)10-4-5-11(10)9(7)3/h6H,4-5H2,1-3H3. The molecule has 0 unspecified atom stereocenters. The topological polar surface area (TPSA) is 0 Å². The summed E-state index contributed by atoms with van der Waals surface area (Å²) in [5.41, 5.74) is 7.72. The van der Waals surface area contributed by atoms with Crippen molar-refractivity contribution in [1.29, 1.82) is 0 Å². The second-order valence-corrected chi connectivity index (χ2v) is 3.59. The van der Waals surface area contributed by atoms with E-state index >= 15 is 0 Å². The van der Waals surface area contributed by atoms with E-state index in [0.29, 0.717) is 0 Å². The summed E-state index contributed by atoms with van der Waals surface area (Å²) in [5.74, 6) is 0. The average molecular weight is 146 g/mol. The summed E-state index contributed by atoms with van der Waals surface area (Å²) >= 11 is 0. The maximum absolute atomic E-state index is 2.31. The molecule has 0 bridgehead atoms. The van der Waals surface area contributed by atoms with Gasteiger partial charge >= 0.3 is 0 Å². The highest BCUT2D eigenvalue weighted by Gasteiger charge is 2.18. The van der Waals surface area contributed by atoms with Gasteiger partial charge in [-0.15, -0.1) is 0 Å². The van der Waals surface area contributed by atoms with Gasteiger partial charge in [0.25, 0.3) is 0 Å². The first-order chi connectivity index (χ1) is 5.20. The number of hydrogen-bond donors (Lipinski definition) is 0. The van der Waals surface area contributed by atoms with Crippen LogP contribution in [-0.2, 0) is 12.8 Å². The molecule has 0 N–H and O–H groups in total. The lowest BCUT2D eigenvalue weighted by Gasteiger charge is -2.25. The first-order valence-electron chi connectivity index (χ1n) is 4.28. The van der Waals surface area contributed by atoms with Crippen LogP contribution in [0.4, 0.5) is 0 Å². The number of rotatable bonds is 0. The molecule has 0 fully saturated rings. The SMILES string of the molecule is Cc1cc(C)c2c(c1C)CC2. The summed E-state index contributed by atoms with van der Waals surface area (Å²) in [4.78, 5) is 0. The Hall–Kier alpha value is -0.780. The zero-order chi connectivity index (χ0) is 8.01. The maximum Gasteiger partial charge on any atom is -0.0232 e. The molecule has 0 heteroatoms. The Morgan fingerprint density at radius 2 is 1.55 bits per heavy atom. The van der Waals surface area contributed by atoms with Gasteiger partial charge in [0.05, 0.1) is 0 Å². The normalized spacial score (nSPS) is 14.1. The number of hydrogen-bond acceptors (Lipinski definition) is 0. The lowest BCUT2D eigenvalue weighted by molar-refractivity contribution is 0.812. The van der Waals surface area contributed by atoms with Gasteiger partial charge in [0.1, 0.15) is 0 Å². The van der Waals surface area contributed by atoms with Crippen molar-refractivity contribution in [1.82, 2.24) is 0 Å². The molecule has 0 saturated carbocycles. The maximum atomic E-state index is 2.31. The van der Waals surface area contributed by atoms with Crippen molar-refractivity contribution >= 4 is 0 Å². The van der Waals surface area contributed by atoms with Crippen LogP contribution >= 0.6 is 0 Å². The minimum Gasteiger partial charge on any atom is -0.0558 e. The molecule has 0 saturated heterocycles. The van der Waals surface area contributed by atoms with E-state index in [1.165, 1.54) is 29.5 Å². The molecule has 0 spiro atoms. The fourth-order valence-electron chi connectivity index (χ4n) is 1.98. The Kier molecular flexibility index (Phi) is 1.32. The van der Waals surface area contributed by atoms with E-state index in [9.17, 15) is 0 Å². The van der Waals surface area contributed by atoms with Crippen molar-refractivity contribution in [2.75, 3.05) is 0 Å². The molecular weight excluding hydrogens is 132 g/mol. The molecule has 2 rings (SSSR count). The van der Waals surface area contributed by atoms with Gasteiger partial charge in [-0.2, -0.15) is 0 Å². The van der Waals surface area contributed by atoms with Crippen molar-refractivity contribution in [3.63, 3.8) is 0 Å². The van der Waals surface area contributed by atoms with Gasteiger partial charge in [-0.25, -0.2) is 0 Å². The minimum atomic E-state index is 1.31. The molecule has 0 heterocycles. The van der Waals surface area contributed by atoms with E-state index in [0.717, 1.165) is 0 Å². The fourth-order valence-corrected chi connectivity index (χ4v) is 1.98. The van der Waals surface area contributed by atoms with Gasteiger partial charge in [-0.1, -0.05) is 6.07 Å². The Morgan fingerprint density at radius 3 is 2.09 bits per heavy atom. The van der Waals surface area contributed by atoms with Crippen LogP contribution in [0.15, 0.2) is 6.07 Å². The molecule has 11 heavy (non-hydrogen) atoms. The fraction of sp³-hybridized carbons (Fsp3) is 0.455. The van der Waals surface area contributed by atoms with E-state index in [1.807, 2.05) is 0 Å². The van der Waals surface area contributed by atoms with Crippen molar-refractivity contribution < 1.29 is 0 Å². The highest BCUT2D eigenvalue weighted by atomic mass is 14.2. The lowest BCUT2D eigenvalue weighted by atomic mass is 9.80. The Labute approximate surface area is 68.3 Å². The van der Waals surface area contributed by atoms with Gasteiger partial charge in [0, 0.05) is 0 Å². The van der Waals surface area contributed by atoms with Crippen LogP contribution in [0.3, 0.4) is 0 Å². The van der Waals surface area contributed by atoms with Crippen LogP contribution in [0.25, 0.3) is 0 Å². The highest BCUT2D eigenvalue weighted by Crippen LogP contribution is 2.31. The molecule has 0 nitrogen and oxygen atoms in total. The second-order valence-electron chi connectivity index (χ2n) is 3.59. The zero-order valence-corrected chi connectivity index (χ0v) is 7.49. The number of fused-ring (bicyclic) bond motifs is 1. The van der Waals surface area contributed by atoms with Crippen LogP contribution in [0.5, 0.6) is 0 Å². The molecule has 0 atom stereocenters. The van der Waals surface area contributed by atoms with Crippen molar-refractivity contribution in [3.8, 4) is 0 Å². The molecule has 0 amide bonds. The molecule has 0 radical (unpaired) electrons. The molecule has 1 aliphatic carbocycles. The third-order valence-corrected chi connectivity index (χ3v) is 2.94. The average Bonchev–Trinajstić information content (AvgIpc) is 1.81. The van der Waals surface area contributed by atoms with Gasteiger partial charge in [0.2, 0.25) is 0 Å². The predicted octanol–water partition coefficient (Wildman–Crippen LogP) is 2.71. The van der Waals surface area contributed by atoms with E-state index in [4.69, 9.17) is 0 Å². The largest absolute Gasteiger partial charge is 0.0558 e. The molecule has 0 aromatic heterocycles. The molecule has 1 aliphatic rings. The molecule has 1 aromatic carbocycles. The third kappa shape index (κ3) is 0.819. The summed E-state index contributed by atoms with van der Waals surface area (Å²) in [6.07, 6.45) is 2.62. The van der Waals surface area contributed by atoms with E-state index in [-0.39, 0.29) is 0 Å². The first kappa shape index (κ1) is 6.90. The third-order valence-electron chi connectivity index (χ3n) is 2.94. The van der Waals surface area contributed by atoms with Crippen molar-refractivity contribution in [2.24, 2.45) is 0 Å². The molecular formula is C11H14. The summed E-state index contributed by atoms with van der Waals surface area (Å²) in [6.45, 7) is 6.68. The molecule has 58 valence electrons. The van der Waals surface area contributed by atoms with Gasteiger partial charge in [0.15, 0.2) is 0 Å². The van der Waals surface area contributed by atoms with Crippen LogP contribution in [-0.4, -0.2) is 0 Å². The zero-order valence-electron chi connectivity index (χ0n) is 7.49. The Bertz CT molecular complexity index is 288. The summed E-state index contributed by atoms with van der Waals surface area (Å²) < 4.78 is 0. The summed E-state index contributed by atoms with van der Waals surface area (Å²) in [7, 11) is 0. The summed E-state index contributed by atoms with van der Waals surface area (Å²) in [6, 6.07) is 2.31. The Balaban J connectivity index is 2.70. The van der Waals surface area contributed by atoms with Gasteiger partial charge in [-0.3, -0.25) is 0 Å². The number of aryl methyl sites for hydroxylation is 2. The number of benzene rings is 1. The second kappa shape index (κ2) is 2.10. The van der Waals surface area contributed by atoms with Crippen LogP contribution in [0.1, 0.15) is 27.8 Å². The van der Waals surface area contributed by atoms with Crippen molar-refractivity contribution in [3.05, 3.63) is 33.9 Å². The highest BCUT2D eigenvalue weighted by molar-refractivity contribution is 5.49. The van der Waals surface area contributed by atoms with E-state index < -0.39 is 0 Å². The summed E-state index contributed by atoms with van der Waals surface area (Å²) in [5, 5.41) is 0. The quantitative estimate of drug-likeness (QED) is 0.528. The molecule has 0 aliphatic heterocycles. The smallest absolute Gasteiger partial charge is 0.0232 e. The van der Waals surface area contributed by atoms with Crippen molar-refractivity contribution in [2.45, 2.75) is 33.6 Å². The monoisotopic (exact) mass is 146 g/mol. The van der Waals surface area contributed by atoms with Crippen LogP contribution in [0.2, 0.25) is 0 Å². The van der Waals surface area contributed by atoms with Gasteiger partial charge in [-0.05, 0) is 61.4 Å². The first-order valence-corrected chi connectivity index (χ1v) is 4.28. The van der Waals surface area contributed by atoms with E-state index in [1.54, 1.807) is 11.1 Å². The van der Waals surface area contributed by atoms with Gasteiger partial charge < -0.3 is 0 Å². The van der Waals surface area contributed by atoms with Crippen LogP contribution in [0, 0.1) is 20.8 Å². The van der Waals surface area contributed by atoms with E-state index in [2.05, 4.69) is 26.8 Å². The van der Waals surface area contributed by atoms with Crippen LogP contribution < -0.4 is 0 Å². The molecule has 1 aromatic rings.